The number of hydrogen-bond acceptors (Lipinski definition) is 4. The van der Waals surface area contributed by atoms with Crippen LogP contribution in [0.4, 0.5) is 5.69 Å². The first kappa shape index (κ1) is 14.7. The second kappa shape index (κ2) is 5.73. The SMILES string of the molecule is C#CCN(CC1CC1)S(=O)(=O)c1ccc(N)cc1OC. The number of nitrogens with zero attached hydrogens (tertiary/aromatic N) is 1. The molecule has 0 aliphatic heterocycles. The van der Waals surface area contributed by atoms with Gasteiger partial charge in [-0.15, -0.1) is 6.42 Å². The van der Waals surface area contributed by atoms with Gasteiger partial charge in [0.05, 0.1) is 13.7 Å². The van der Waals surface area contributed by atoms with Gasteiger partial charge in [-0.2, -0.15) is 4.31 Å². The van der Waals surface area contributed by atoms with Crippen LogP contribution >= 0.6 is 0 Å². The Morgan fingerprint density at radius 3 is 2.75 bits per heavy atom. The predicted molar refractivity (Wildman–Crippen MR) is 77.7 cm³/mol. The molecule has 0 heterocycles. The molecule has 0 saturated heterocycles. The van der Waals surface area contributed by atoms with Gasteiger partial charge in [-0.25, -0.2) is 8.42 Å². The molecule has 0 amide bonds. The van der Waals surface area contributed by atoms with E-state index in [1.54, 1.807) is 6.07 Å². The van der Waals surface area contributed by atoms with Gasteiger partial charge < -0.3 is 10.5 Å². The molecule has 0 unspecified atom stereocenters. The van der Waals surface area contributed by atoms with Crippen LogP contribution in [0.25, 0.3) is 0 Å². The first-order chi connectivity index (χ1) is 9.48. The summed E-state index contributed by atoms with van der Waals surface area (Å²) >= 11 is 0. The molecular weight excluding hydrogens is 276 g/mol. The number of nitrogen functional groups attached to an aromatic ring is 1. The first-order valence-electron chi connectivity index (χ1n) is 6.36. The average molecular weight is 294 g/mol. The van der Waals surface area contributed by atoms with Crippen molar-refractivity contribution in [3.8, 4) is 18.1 Å². The molecule has 0 atom stereocenters. The number of ether oxygens (including phenoxy) is 1. The van der Waals surface area contributed by atoms with Gasteiger partial charge in [-0.3, -0.25) is 0 Å². The van der Waals surface area contributed by atoms with Crippen LogP contribution in [0.2, 0.25) is 0 Å². The van der Waals surface area contributed by atoms with Gasteiger partial charge in [0.1, 0.15) is 10.6 Å². The Hall–Kier alpha value is -1.71. The molecule has 0 radical (unpaired) electrons. The van der Waals surface area contributed by atoms with Crippen LogP contribution in [0.15, 0.2) is 23.1 Å². The molecule has 5 nitrogen and oxygen atoms in total. The molecule has 6 heteroatoms. The van der Waals surface area contributed by atoms with Gasteiger partial charge in [-0.1, -0.05) is 5.92 Å². The second-order valence-corrected chi connectivity index (χ2v) is 6.76. The summed E-state index contributed by atoms with van der Waals surface area (Å²) in [5.41, 5.74) is 6.10. The topological polar surface area (TPSA) is 72.6 Å². The van der Waals surface area contributed by atoms with Gasteiger partial charge in [0.15, 0.2) is 0 Å². The van der Waals surface area contributed by atoms with Gasteiger partial charge in [0.2, 0.25) is 10.0 Å². The smallest absolute Gasteiger partial charge is 0.247 e. The van der Waals surface area contributed by atoms with E-state index in [4.69, 9.17) is 16.9 Å². The standard InChI is InChI=1S/C14H18N2O3S/c1-3-8-16(10-11-4-5-11)20(17,18)14-7-6-12(15)9-13(14)19-2/h1,6-7,9,11H,4-5,8,10,15H2,2H3. The van der Waals surface area contributed by atoms with Crippen molar-refractivity contribution in [2.24, 2.45) is 5.92 Å². The Balaban J connectivity index is 2.38. The van der Waals surface area contributed by atoms with E-state index in [0.717, 1.165) is 12.8 Å². The van der Waals surface area contributed by atoms with Crippen LogP contribution < -0.4 is 10.5 Å². The number of rotatable bonds is 6. The molecule has 1 aliphatic rings. The Morgan fingerprint density at radius 1 is 1.50 bits per heavy atom. The lowest BCUT2D eigenvalue weighted by molar-refractivity contribution is 0.393. The van der Waals surface area contributed by atoms with Crippen LogP contribution in [0.3, 0.4) is 0 Å². The molecule has 1 aromatic carbocycles. The molecule has 20 heavy (non-hydrogen) atoms. The maximum atomic E-state index is 12.7. The summed E-state index contributed by atoms with van der Waals surface area (Å²) in [4.78, 5) is 0.102. The maximum Gasteiger partial charge on any atom is 0.247 e. The quantitative estimate of drug-likeness (QED) is 0.634. The normalized spacial score (nSPS) is 15.1. The highest BCUT2D eigenvalue weighted by molar-refractivity contribution is 7.89. The summed E-state index contributed by atoms with van der Waals surface area (Å²) in [6.45, 7) is 0.520. The number of hydrogen-bond donors (Lipinski definition) is 1. The summed E-state index contributed by atoms with van der Waals surface area (Å²) < 4.78 is 31.8. The minimum Gasteiger partial charge on any atom is -0.495 e. The zero-order chi connectivity index (χ0) is 14.8. The largest absolute Gasteiger partial charge is 0.495 e. The lowest BCUT2D eigenvalue weighted by Gasteiger charge is -2.21. The predicted octanol–water partition coefficient (Wildman–Crippen LogP) is 1.31. The van der Waals surface area contributed by atoms with Crippen LogP contribution in [0.1, 0.15) is 12.8 Å². The molecule has 0 spiro atoms. The van der Waals surface area contributed by atoms with E-state index in [-0.39, 0.29) is 17.2 Å². The number of nitrogens with two attached hydrogens (primary N) is 1. The molecule has 1 aromatic rings. The average Bonchev–Trinajstić information content (AvgIpc) is 3.21. The first-order valence-corrected chi connectivity index (χ1v) is 7.80. The fourth-order valence-corrected chi connectivity index (χ4v) is 3.54. The van der Waals surface area contributed by atoms with Crippen molar-refractivity contribution in [1.82, 2.24) is 4.31 Å². The fourth-order valence-electron chi connectivity index (χ4n) is 1.97. The van der Waals surface area contributed by atoms with Crippen LogP contribution in [0, 0.1) is 18.3 Å². The van der Waals surface area contributed by atoms with E-state index in [9.17, 15) is 8.42 Å². The Labute approximate surface area is 119 Å². The molecule has 2 N–H and O–H groups in total. The molecule has 1 aliphatic carbocycles. The van der Waals surface area contributed by atoms with Crippen molar-refractivity contribution in [3.05, 3.63) is 18.2 Å². The zero-order valence-corrected chi connectivity index (χ0v) is 12.2. The summed E-state index contributed by atoms with van der Waals surface area (Å²) in [5.74, 6) is 3.06. The minimum absolute atomic E-state index is 0.0619. The highest BCUT2D eigenvalue weighted by Crippen LogP contribution is 2.33. The highest BCUT2D eigenvalue weighted by atomic mass is 32.2. The van der Waals surface area contributed by atoms with E-state index in [1.165, 1.54) is 23.5 Å². The fraction of sp³-hybridized carbons (Fsp3) is 0.429. The third-order valence-electron chi connectivity index (χ3n) is 3.23. The Bertz CT molecular complexity index is 630. The van der Waals surface area contributed by atoms with Crippen molar-refractivity contribution in [3.63, 3.8) is 0 Å². The van der Waals surface area contributed by atoms with Crippen molar-refractivity contribution in [2.75, 3.05) is 25.9 Å². The summed E-state index contributed by atoms with van der Waals surface area (Å²) in [5, 5.41) is 0. The van der Waals surface area contributed by atoms with E-state index in [0.29, 0.717) is 18.2 Å². The summed E-state index contributed by atoms with van der Waals surface area (Å²) in [6, 6.07) is 4.50. The van der Waals surface area contributed by atoms with Crippen LogP contribution in [0.5, 0.6) is 5.75 Å². The van der Waals surface area contributed by atoms with E-state index >= 15 is 0 Å². The number of benzene rings is 1. The van der Waals surface area contributed by atoms with E-state index < -0.39 is 10.0 Å². The third-order valence-corrected chi connectivity index (χ3v) is 5.08. The van der Waals surface area contributed by atoms with Crippen LogP contribution in [-0.4, -0.2) is 32.9 Å². The number of sulfonamides is 1. The molecular formula is C14H18N2O3S. The van der Waals surface area contributed by atoms with Gasteiger partial charge in [0.25, 0.3) is 0 Å². The minimum atomic E-state index is -3.67. The Kier molecular flexibility index (Phi) is 4.21. The maximum absolute atomic E-state index is 12.7. The monoisotopic (exact) mass is 294 g/mol. The lowest BCUT2D eigenvalue weighted by Crippen LogP contribution is -2.33. The number of anilines is 1. The van der Waals surface area contributed by atoms with Gasteiger partial charge in [0, 0.05) is 18.3 Å². The van der Waals surface area contributed by atoms with E-state index in [1.807, 2.05) is 0 Å². The molecule has 0 bridgehead atoms. The van der Waals surface area contributed by atoms with Crippen molar-refractivity contribution >= 4 is 15.7 Å². The van der Waals surface area contributed by atoms with E-state index in [2.05, 4.69) is 5.92 Å². The van der Waals surface area contributed by atoms with Crippen molar-refractivity contribution < 1.29 is 13.2 Å². The molecule has 0 aromatic heterocycles. The summed E-state index contributed by atoms with van der Waals surface area (Å²) in [7, 11) is -2.25. The van der Waals surface area contributed by atoms with Gasteiger partial charge >= 0.3 is 0 Å². The number of terminal acetylenes is 1. The Morgan fingerprint density at radius 2 is 2.20 bits per heavy atom. The lowest BCUT2D eigenvalue weighted by atomic mass is 10.3. The number of methoxy groups -OCH3 is 1. The second-order valence-electron chi connectivity index (χ2n) is 4.86. The van der Waals surface area contributed by atoms with Crippen molar-refractivity contribution in [2.45, 2.75) is 17.7 Å². The van der Waals surface area contributed by atoms with Crippen LogP contribution in [-0.2, 0) is 10.0 Å². The molecule has 108 valence electrons. The van der Waals surface area contributed by atoms with Gasteiger partial charge in [-0.05, 0) is 30.9 Å². The zero-order valence-electron chi connectivity index (χ0n) is 11.4. The highest BCUT2D eigenvalue weighted by Gasteiger charge is 2.32. The third kappa shape index (κ3) is 3.06. The molecule has 1 saturated carbocycles. The molecule has 1 fully saturated rings. The van der Waals surface area contributed by atoms with Crippen molar-refractivity contribution in [1.29, 1.82) is 0 Å². The molecule has 2 rings (SSSR count). The summed E-state index contributed by atoms with van der Waals surface area (Å²) in [6.07, 6.45) is 7.39.